The highest BCUT2D eigenvalue weighted by molar-refractivity contribution is 5.71. The molecule has 2 aliphatic carbocycles. The highest BCUT2D eigenvalue weighted by Gasteiger charge is 2.10. The first-order valence-electron chi connectivity index (χ1n) is 8.85. The van der Waals surface area contributed by atoms with Gasteiger partial charge < -0.3 is 4.84 Å². The van der Waals surface area contributed by atoms with Crippen LogP contribution in [0.3, 0.4) is 0 Å². The van der Waals surface area contributed by atoms with Crippen LogP contribution in [0.1, 0.15) is 24.0 Å². The third kappa shape index (κ3) is 3.34. The number of nitrogens with zero attached hydrogens (tertiary/aromatic N) is 1. The van der Waals surface area contributed by atoms with Gasteiger partial charge in [-0.05, 0) is 69.8 Å². The van der Waals surface area contributed by atoms with Gasteiger partial charge >= 0.3 is 0 Å². The van der Waals surface area contributed by atoms with Crippen LogP contribution in [-0.2, 0) is 17.7 Å². The topological polar surface area (TPSA) is 21.6 Å². The van der Waals surface area contributed by atoms with Crippen molar-refractivity contribution in [2.24, 2.45) is 5.16 Å². The third-order valence-corrected chi connectivity index (χ3v) is 4.81. The molecule has 5 rings (SSSR count). The number of rotatable bonds is 0. The summed E-state index contributed by atoms with van der Waals surface area (Å²) in [6, 6.07) is 13.4. The maximum Gasteiger partial charge on any atom is 0.122 e. The maximum absolute atomic E-state index is 4.52. The number of oxime groups is 1. The molecule has 0 spiro atoms. The van der Waals surface area contributed by atoms with Gasteiger partial charge in [0.15, 0.2) is 0 Å². The summed E-state index contributed by atoms with van der Waals surface area (Å²) in [5.74, 6) is 0. The third-order valence-electron chi connectivity index (χ3n) is 4.81. The van der Waals surface area contributed by atoms with Crippen LogP contribution in [0.2, 0.25) is 0 Å². The Bertz CT molecular complexity index is 1060. The number of hydrogen-bond acceptors (Lipinski definition) is 2. The van der Waals surface area contributed by atoms with E-state index in [1.54, 1.807) is 29.5 Å². The first-order chi connectivity index (χ1) is 12.4. The van der Waals surface area contributed by atoms with Crippen LogP contribution < -0.4 is 10.4 Å². The zero-order chi connectivity index (χ0) is 16.9. The average Bonchev–Trinajstić information content (AvgIpc) is 3.01. The lowest BCUT2D eigenvalue weighted by Gasteiger charge is -2.16. The van der Waals surface area contributed by atoms with Gasteiger partial charge in [-0.1, -0.05) is 59.8 Å². The minimum atomic E-state index is 1.10. The molecule has 0 atom stereocenters. The fraction of sp³-hybridized carbons (Fsp3) is 0.174. The predicted molar refractivity (Wildman–Crippen MR) is 103 cm³/mol. The van der Waals surface area contributed by atoms with Crippen LogP contribution in [0.4, 0.5) is 0 Å². The summed E-state index contributed by atoms with van der Waals surface area (Å²) >= 11 is 0. The molecule has 0 fully saturated rings. The normalized spacial score (nSPS) is 15.8. The zero-order valence-corrected chi connectivity index (χ0v) is 14.2. The van der Waals surface area contributed by atoms with Crippen molar-refractivity contribution in [2.75, 3.05) is 0 Å². The van der Waals surface area contributed by atoms with Crippen LogP contribution in [0, 0.1) is 10.4 Å². The van der Waals surface area contributed by atoms with Gasteiger partial charge in [-0.2, -0.15) is 0 Å². The minimum absolute atomic E-state index is 1.10. The standard InChI is InChI=1S/C18H16.C5H5NO/c1-3-7-15-13(5-1)9-11-18-16-8-4-2-6-14(16)10-12-17(15)18;1-2-4-6-7-5-3-1/h1,3,5-7,9-10,12H,2,4,8,11H2;1-5H. The Kier molecular flexibility index (Phi) is 4.60. The summed E-state index contributed by atoms with van der Waals surface area (Å²) in [5.41, 5.74) is 3.17. The Labute approximate surface area is 147 Å². The smallest absolute Gasteiger partial charge is 0.122 e. The molecule has 2 heteroatoms. The second-order valence-corrected chi connectivity index (χ2v) is 6.32. The van der Waals surface area contributed by atoms with E-state index in [2.05, 4.69) is 58.5 Å². The number of hydrogen-bond donors (Lipinski definition) is 0. The molecule has 1 aliphatic heterocycles. The van der Waals surface area contributed by atoms with Crippen molar-refractivity contribution >= 4 is 18.4 Å². The molecule has 2 aromatic carbocycles. The number of fused-ring (bicyclic) bond motifs is 4. The second kappa shape index (κ2) is 7.35. The molecular formula is C23H21NO. The van der Waals surface area contributed by atoms with Gasteiger partial charge in [-0.3, -0.25) is 0 Å². The zero-order valence-electron chi connectivity index (χ0n) is 14.2. The van der Waals surface area contributed by atoms with Gasteiger partial charge in [0, 0.05) is 0 Å². The van der Waals surface area contributed by atoms with Crippen LogP contribution >= 0.6 is 0 Å². The first-order valence-corrected chi connectivity index (χ1v) is 8.85. The average molecular weight is 327 g/mol. The molecule has 0 saturated heterocycles. The SMILES string of the molecule is C1=CC=NOC=C1.C1=c2ccc3c(c2CCC1)CC=c1ccccc1=3. The fourth-order valence-corrected chi connectivity index (χ4v) is 3.65. The number of benzene rings is 2. The van der Waals surface area contributed by atoms with E-state index < -0.39 is 0 Å². The summed E-state index contributed by atoms with van der Waals surface area (Å²) in [4.78, 5) is 4.52. The lowest BCUT2D eigenvalue weighted by atomic mass is 9.89. The van der Waals surface area contributed by atoms with Crippen LogP contribution in [-0.4, -0.2) is 6.21 Å². The molecule has 2 nitrogen and oxygen atoms in total. The second-order valence-electron chi connectivity index (χ2n) is 6.32. The van der Waals surface area contributed by atoms with Crippen molar-refractivity contribution in [3.8, 4) is 0 Å². The van der Waals surface area contributed by atoms with Crippen molar-refractivity contribution in [1.29, 1.82) is 0 Å². The van der Waals surface area contributed by atoms with E-state index in [-0.39, 0.29) is 0 Å². The van der Waals surface area contributed by atoms with Gasteiger partial charge in [0.1, 0.15) is 6.26 Å². The van der Waals surface area contributed by atoms with E-state index >= 15 is 0 Å². The van der Waals surface area contributed by atoms with Gasteiger partial charge in [0.05, 0.1) is 6.21 Å². The Morgan fingerprint density at radius 2 is 1.76 bits per heavy atom. The van der Waals surface area contributed by atoms with Crippen molar-refractivity contribution in [3.05, 3.63) is 92.9 Å². The summed E-state index contributed by atoms with van der Waals surface area (Å²) in [6.07, 6.45) is 18.2. The molecule has 0 aromatic heterocycles. The van der Waals surface area contributed by atoms with Gasteiger partial charge in [0.2, 0.25) is 0 Å². The lowest BCUT2D eigenvalue weighted by molar-refractivity contribution is 0.271. The molecule has 25 heavy (non-hydrogen) atoms. The van der Waals surface area contributed by atoms with Gasteiger partial charge in [-0.25, -0.2) is 0 Å². The van der Waals surface area contributed by atoms with Gasteiger partial charge in [-0.15, -0.1) is 0 Å². The van der Waals surface area contributed by atoms with Gasteiger partial charge in [0.25, 0.3) is 0 Å². The molecule has 2 aromatic rings. The summed E-state index contributed by atoms with van der Waals surface area (Å²) in [7, 11) is 0. The fourth-order valence-electron chi connectivity index (χ4n) is 3.65. The molecular weight excluding hydrogens is 306 g/mol. The lowest BCUT2D eigenvalue weighted by Crippen LogP contribution is -2.19. The highest BCUT2D eigenvalue weighted by Crippen LogP contribution is 2.17. The molecule has 0 amide bonds. The van der Waals surface area contributed by atoms with E-state index in [1.165, 1.54) is 46.4 Å². The van der Waals surface area contributed by atoms with Crippen LogP contribution in [0.25, 0.3) is 12.2 Å². The Balaban J connectivity index is 0.000000190. The van der Waals surface area contributed by atoms with Crippen molar-refractivity contribution < 1.29 is 4.84 Å². The minimum Gasteiger partial charge on any atom is -0.365 e. The van der Waals surface area contributed by atoms with E-state index in [9.17, 15) is 0 Å². The van der Waals surface area contributed by atoms with E-state index in [4.69, 9.17) is 0 Å². The maximum atomic E-state index is 4.52. The molecule has 0 N–H and O–H groups in total. The molecule has 0 unspecified atom stereocenters. The summed E-state index contributed by atoms with van der Waals surface area (Å²) in [5, 5.41) is 9.21. The molecule has 1 heterocycles. The molecule has 0 radical (unpaired) electrons. The van der Waals surface area contributed by atoms with Crippen LogP contribution in [0.5, 0.6) is 0 Å². The Morgan fingerprint density at radius 1 is 0.800 bits per heavy atom. The predicted octanol–water partition coefficient (Wildman–Crippen LogP) is 3.50. The van der Waals surface area contributed by atoms with E-state index in [1.807, 2.05) is 6.08 Å². The largest absolute Gasteiger partial charge is 0.365 e. The van der Waals surface area contributed by atoms with Crippen molar-refractivity contribution in [3.63, 3.8) is 0 Å². The number of allylic oxidation sites excluding steroid dienone is 3. The summed E-state index contributed by atoms with van der Waals surface area (Å²) in [6.45, 7) is 0. The van der Waals surface area contributed by atoms with E-state index in [0.717, 1.165) is 6.42 Å². The Morgan fingerprint density at radius 3 is 2.76 bits per heavy atom. The van der Waals surface area contributed by atoms with Crippen LogP contribution in [0.15, 0.2) is 66.0 Å². The molecule has 0 bridgehead atoms. The van der Waals surface area contributed by atoms with E-state index in [0.29, 0.717) is 0 Å². The quantitative estimate of drug-likeness (QED) is 0.726. The first kappa shape index (κ1) is 15.6. The molecule has 0 saturated carbocycles. The van der Waals surface area contributed by atoms with Crippen molar-refractivity contribution in [2.45, 2.75) is 25.7 Å². The summed E-state index contributed by atoms with van der Waals surface area (Å²) < 4.78 is 0. The molecule has 3 aliphatic rings. The highest BCUT2D eigenvalue weighted by atomic mass is 16.6. The molecule has 124 valence electrons. The Hall–Kier alpha value is -2.87. The van der Waals surface area contributed by atoms with Crippen molar-refractivity contribution in [1.82, 2.24) is 0 Å². The monoisotopic (exact) mass is 327 g/mol.